The zero-order valence-electron chi connectivity index (χ0n) is 14.4. The number of hydrogen-bond donors (Lipinski definition) is 3. The van der Waals surface area contributed by atoms with E-state index in [9.17, 15) is 14.0 Å². The summed E-state index contributed by atoms with van der Waals surface area (Å²) in [6.07, 6.45) is 3.49. The molecule has 1 aromatic carbocycles. The van der Waals surface area contributed by atoms with Crippen LogP contribution in [0.4, 0.5) is 4.39 Å². The molecule has 1 saturated heterocycles. The van der Waals surface area contributed by atoms with Crippen LogP contribution in [-0.2, 0) is 16.0 Å². The van der Waals surface area contributed by atoms with Crippen LogP contribution in [0.2, 0.25) is 0 Å². The molecule has 6 nitrogen and oxygen atoms in total. The lowest BCUT2D eigenvalue weighted by Gasteiger charge is -2.24. The number of fused-ring (bicyclic) bond motifs is 5. The van der Waals surface area contributed by atoms with Gasteiger partial charge in [-0.3, -0.25) is 0 Å². The van der Waals surface area contributed by atoms with Crippen LogP contribution in [-0.4, -0.2) is 52.2 Å². The van der Waals surface area contributed by atoms with Crippen molar-refractivity contribution in [3.63, 3.8) is 0 Å². The number of likely N-dealkylation sites (tertiary alicyclic amines) is 1. The summed E-state index contributed by atoms with van der Waals surface area (Å²) >= 11 is 0. The number of hydrogen-bond acceptors (Lipinski definition) is 3. The number of aromatic nitrogens is 1. The minimum absolute atomic E-state index is 0.152. The van der Waals surface area contributed by atoms with Gasteiger partial charge in [-0.1, -0.05) is 0 Å². The molecule has 0 bridgehead atoms. The third kappa shape index (κ3) is 3.77. The van der Waals surface area contributed by atoms with Crippen molar-refractivity contribution in [1.82, 2.24) is 9.88 Å². The molecule has 1 aromatic heterocycles. The molecule has 1 aliphatic heterocycles. The average molecular weight is 360 g/mol. The van der Waals surface area contributed by atoms with Crippen LogP contribution < -0.4 is 0 Å². The third-order valence-corrected chi connectivity index (χ3v) is 5.01. The molecular weight excluding hydrogens is 339 g/mol. The zero-order valence-corrected chi connectivity index (χ0v) is 14.4. The maximum atomic E-state index is 13.3. The summed E-state index contributed by atoms with van der Waals surface area (Å²) in [4.78, 5) is 25.0. The van der Waals surface area contributed by atoms with E-state index in [1.807, 2.05) is 6.07 Å². The Bertz CT molecular complexity index is 858. The largest absolute Gasteiger partial charge is 0.478 e. The second-order valence-electron chi connectivity index (χ2n) is 6.84. The van der Waals surface area contributed by atoms with Gasteiger partial charge in [-0.2, -0.15) is 0 Å². The van der Waals surface area contributed by atoms with Crippen LogP contribution in [0.15, 0.2) is 30.4 Å². The van der Waals surface area contributed by atoms with Gasteiger partial charge in [-0.15, -0.1) is 0 Å². The molecule has 2 atom stereocenters. The summed E-state index contributed by atoms with van der Waals surface area (Å²) in [5.41, 5.74) is 3.77. The number of halogens is 1. The maximum absolute atomic E-state index is 13.3. The number of nitrogens with one attached hydrogen (secondary N) is 1. The van der Waals surface area contributed by atoms with E-state index in [-0.39, 0.29) is 5.82 Å². The monoisotopic (exact) mass is 360 g/mol. The molecule has 2 heterocycles. The molecule has 2 aromatic rings. The SMILES string of the molecule is CN1C[C@H]2CCc3[nH]c4cc(F)ccc4c3[C@H]2C1.O=C(O)/C=C/C(=O)O. The molecule has 0 saturated carbocycles. The standard InChI is InChI=1S/C15H17FN2.C4H4O4/c1-18-7-9-2-5-13-15(12(9)8-18)11-4-3-10(16)6-14(11)17-13;5-3(6)1-2-4(7)8/h3-4,6,9,12,17H,2,5,7-8H2,1H3;1-2H,(H,5,6)(H,7,8)/b;2-1+/t9-,12+;/m1./s1. The molecule has 0 amide bonds. The van der Waals surface area contributed by atoms with Crippen molar-refractivity contribution in [2.24, 2.45) is 5.92 Å². The molecule has 1 aliphatic carbocycles. The summed E-state index contributed by atoms with van der Waals surface area (Å²) in [7, 11) is 2.20. The van der Waals surface area contributed by atoms with Crippen molar-refractivity contribution in [2.75, 3.05) is 20.1 Å². The lowest BCUT2D eigenvalue weighted by Crippen LogP contribution is -2.18. The lowest BCUT2D eigenvalue weighted by atomic mass is 9.79. The number of likely N-dealkylation sites (N-methyl/N-ethyl adjacent to an activating group) is 1. The van der Waals surface area contributed by atoms with E-state index in [1.165, 1.54) is 29.6 Å². The molecule has 0 spiro atoms. The molecule has 3 N–H and O–H groups in total. The number of nitrogens with zero attached hydrogens (tertiary/aromatic N) is 1. The second-order valence-corrected chi connectivity index (χ2v) is 6.84. The summed E-state index contributed by atoms with van der Waals surface area (Å²) in [5, 5.41) is 16.9. The fourth-order valence-corrected chi connectivity index (χ4v) is 4.05. The number of benzene rings is 1. The van der Waals surface area contributed by atoms with Crippen molar-refractivity contribution in [3.8, 4) is 0 Å². The predicted molar refractivity (Wildman–Crippen MR) is 94.7 cm³/mol. The topological polar surface area (TPSA) is 93.6 Å². The first kappa shape index (κ1) is 18.1. The van der Waals surface area contributed by atoms with Gasteiger partial charge >= 0.3 is 11.9 Å². The van der Waals surface area contributed by atoms with Crippen LogP contribution in [0.3, 0.4) is 0 Å². The Morgan fingerprint density at radius 2 is 1.92 bits per heavy atom. The number of aryl methyl sites for hydroxylation is 1. The van der Waals surface area contributed by atoms with E-state index in [0.717, 1.165) is 24.4 Å². The second kappa shape index (κ2) is 7.29. The summed E-state index contributed by atoms with van der Waals surface area (Å²) in [6.45, 7) is 2.35. The normalized spacial score (nSPS) is 21.9. The number of carbonyl (C=O) groups is 2. The van der Waals surface area contributed by atoms with E-state index < -0.39 is 11.9 Å². The first-order valence-corrected chi connectivity index (χ1v) is 8.47. The Morgan fingerprint density at radius 3 is 2.58 bits per heavy atom. The van der Waals surface area contributed by atoms with Gasteiger partial charge in [-0.05, 0) is 49.6 Å². The molecule has 0 radical (unpaired) electrons. The van der Waals surface area contributed by atoms with Crippen LogP contribution in [0.25, 0.3) is 10.9 Å². The molecule has 1 fully saturated rings. The Hall–Kier alpha value is -2.67. The third-order valence-electron chi connectivity index (χ3n) is 5.01. The summed E-state index contributed by atoms with van der Waals surface area (Å²) in [6, 6.07) is 5.15. The van der Waals surface area contributed by atoms with Gasteiger partial charge in [0.25, 0.3) is 0 Å². The predicted octanol–water partition coefficient (Wildman–Crippen LogP) is 2.61. The van der Waals surface area contributed by atoms with Gasteiger partial charge in [0.1, 0.15) is 5.82 Å². The number of rotatable bonds is 2. The molecule has 26 heavy (non-hydrogen) atoms. The number of aromatic amines is 1. The van der Waals surface area contributed by atoms with Crippen molar-refractivity contribution < 1.29 is 24.2 Å². The quantitative estimate of drug-likeness (QED) is 0.716. The van der Waals surface area contributed by atoms with Gasteiger partial charge in [0.15, 0.2) is 0 Å². The Kier molecular flexibility index (Phi) is 5.08. The van der Waals surface area contributed by atoms with E-state index in [1.54, 1.807) is 12.1 Å². The number of carboxylic acid groups (broad SMARTS) is 2. The van der Waals surface area contributed by atoms with E-state index in [0.29, 0.717) is 18.1 Å². The highest BCUT2D eigenvalue weighted by atomic mass is 19.1. The maximum Gasteiger partial charge on any atom is 0.328 e. The highest BCUT2D eigenvalue weighted by molar-refractivity contribution is 5.89. The van der Waals surface area contributed by atoms with Crippen molar-refractivity contribution in [3.05, 3.63) is 47.4 Å². The van der Waals surface area contributed by atoms with Crippen LogP contribution in [0.1, 0.15) is 23.6 Å². The summed E-state index contributed by atoms with van der Waals surface area (Å²) in [5.74, 6) is -1.24. The number of aliphatic carboxylic acids is 2. The number of H-pyrrole nitrogens is 1. The fraction of sp³-hybridized carbons (Fsp3) is 0.368. The molecule has 0 unspecified atom stereocenters. The molecule has 7 heteroatoms. The molecule has 2 aliphatic rings. The van der Waals surface area contributed by atoms with Gasteiger partial charge < -0.3 is 20.1 Å². The minimum Gasteiger partial charge on any atom is -0.478 e. The van der Waals surface area contributed by atoms with Crippen LogP contribution in [0.5, 0.6) is 0 Å². The van der Waals surface area contributed by atoms with Crippen molar-refractivity contribution in [2.45, 2.75) is 18.8 Å². The molecular formula is C19H21FN2O4. The van der Waals surface area contributed by atoms with Crippen LogP contribution in [0, 0.1) is 11.7 Å². The van der Waals surface area contributed by atoms with E-state index in [4.69, 9.17) is 10.2 Å². The zero-order chi connectivity index (χ0) is 18.8. The Morgan fingerprint density at radius 1 is 1.23 bits per heavy atom. The highest BCUT2D eigenvalue weighted by Crippen LogP contribution is 2.44. The first-order valence-electron chi connectivity index (χ1n) is 8.47. The van der Waals surface area contributed by atoms with Crippen LogP contribution >= 0.6 is 0 Å². The average Bonchev–Trinajstić information content (AvgIpc) is 3.11. The minimum atomic E-state index is -1.26. The van der Waals surface area contributed by atoms with E-state index >= 15 is 0 Å². The van der Waals surface area contributed by atoms with Gasteiger partial charge in [0, 0.05) is 47.8 Å². The van der Waals surface area contributed by atoms with Gasteiger partial charge in [0.05, 0.1) is 0 Å². The summed E-state index contributed by atoms with van der Waals surface area (Å²) < 4.78 is 13.3. The van der Waals surface area contributed by atoms with E-state index in [2.05, 4.69) is 16.9 Å². The smallest absolute Gasteiger partial charge is 0.328 e. The van der Waals surface area contributed by atoms with Gasteiger partial charge in [0.2, 0.25) is 0 Å². The van der Waals surface area contributed by atoms with Crippen molar-refractivity contribution in [1.29, 1.82) is 0 Å². The lowest BCUT2D eigenvalue weighted by molar-refractivity contribution is -0.134. The molecule has 4 rings (SSSR count). The highest BCUT2D eigenvalue weighted by Gasteiger charge is 2.37. The molecule has 138 valence electrons. The Labute approximate surface area is 149 Å². The Balaban J connectivity index is 0.000000211. The van der Waals surface area contributed by atoms with Gasteiger partial charge in [-0.25, -0.2) is 14.0 Å². The van der Waals surface area contributed by atoms with Crippen molar-refractivity contribution >= 4 is 22.8 Å². The number of carboxylic acids is 2. The fourth-order valence-electron chi connectivity index (χ4n) is 4.05. The first-order chi connectivity index (χ1) is 12.3.